The minimum absolute atomic E-state index is 0.232. The monoisotopic (exact) mass is 485 g/mol. The number of fused-ring (bicyclic) bond motifs is 2. The summed E-state index contributed by atoms with van der Waals surface area (Å²) in [5.41, 5.74) is 11.9. The smallest absolute Gasteiger partial charge is 0.257 e. The Hall–Kier alpha value is -4.07. The molecule has 36 heavy (non-hydrogen) atoms. The third-order valence-corrected chi connectivity index (χ3v) is 6.72. The Labute approximate surface area is 210 Å². The van der Waals surface area contributed by atoms with E-state index in [0.29, 0.717) is 47.1 Å². The second-order valence-electron chi connectivity index (χ2n) is 9.03. The van der Waals surface area contributed by atoms with E-state index in [1.165, 1.54) is 18.4 Å². The number of ether oxygens (including phenoxy) is 2. The lowest BCUT2D eigenvalue weighted by Gasteiger charge is -2.13. The molecule has 2 heterocycles. The first-order valence-electron chi connectivity index (χ1n) is 12.3. The first-order valence-corrected chi connectivity index (χ1v) is 12.3. The summed E-state index contributed by atoms with van der Waals surface area (Å²) in [4.78, 5) is 23.0. The van der Waals surface area contributed by atoms with Crippen LogP contribution in [0.4, 0.5) is 5.82 Å². The van der Waals surface area contributed by atoms with Crippen molar-refractivity contribution in [3.63, 3.8) is 0 Å². The lowest BCUT2D eigenvalue weighted by atomic mass is 9.97. The SMILES string of the molecule is COc1ccc(Cn2c(N)c(C(=O)NCCC3=CCCCC3)c3nc4ccccc4nc32)cc1OC. The van der Waals surface area contributed by atoms with Crippen molar-refractivity contribution in [2.45, 2.75) is 38.6 Å². The zero-order valence-electron chi connectivity index (χ0n) is 20.7. The number of rotatable bonds is 8. The number of aromatic nitrogens is 3. The highest BCUT2D eigenvalue weighted by atomic mass is 16.5. The molecule has 0 fully saturated rings. The maximum atomic E-state index is 13.4. The molecule has 0 spiro atoms. The van der Waals surface area contributed by atoms with E-state index in [9.17, 15) is 4.79 Å². The van der Waals surface area contributed by atoms with Crippen molar-refractivity contribution in [2.24, 2.45) is 0 Å². The van der Waals surface area contributed by atoms with Gasteiger partial charge in [-0.05, 0) is 61.9 Å². The fourth-order valence-electron chi connectivity index (χ4n) is 4.82. The van der Waals surface area contributed by atoms with Crippen LogP contribution in [0.2, 0.25) is 0 Å². The van der Waals surface area contributed by atoms with Crippen molar-refractivity contribution >= 4 is 33.9 Å². The molecular formula is C28H31N5O3. The van der Waals surface area contributed by atoms with E-state index in [4.69, 9.17) is 25.2 Å². The maximum Gasteiger partial charge on any atom is 0.257 e. The predicted molar refractivity (Wildman–Crippen MR) is 142 cm³/mol. The number of hydrogen-bond acceptors (Lipinski definition) is 6. The highest BCUT2D eigenvalue weighted by molar-refractivity contribution is 6.10. The number of carbonyl (C=O) groups is 1. The van der Waals surface area contributed by atoms with Gasteiger partial charge in [0.25, 0.3) is 5.91 Å². The number of hydrogen-bond donors (Lipinski definition) is 2. The van der Waals surface area contributed by atoms with E-state index < -0.39 is 0 Å². The Bertz CT molecular complexity index is 1460. The molecule has 2 aromatic carbocycles. The van der Waals surface area contributed by atoms with E-state index in [1.807, 2.05) is 47.0 Å². The summed E-state index contributed by atoms with van der Waals surface area (Å²) in [7, 11) is 3.20. The number of para-hydroxylation sites is 2. The quantitative estimate of drug-likeness (QED) is 0.346. The summed E-state index contributed by atoms with van der Waals surface area (Å²) >= 11 is 0. The molecule has 1 amide bonds. The number of anilines is 1. The summed E-state index contributed by atoms with van der Waals surface area (Å²) in [6.07, 6.45) is 7.86. The van der Waals surface area contributed by atoms with Gasteiger partial charge >= 0.3 is 0 Å². The molecule has 5 rings (SSSR count). The molecule has 186 valence electrons. The van der Waals surface area contributed by atoms with Gasteiger partial charge < -0.3 is 25.1 Å². The van der Waals surface area contributed by atoms with Gasteiger partial charge in [-0.3, -0.25) is 4.79 Å². The van der Waals surface area contributed by atoms with Gasteiger partial charge in [-0.1, -0.05) is 29.8 Å². The standard InChI is InChI=1S/C28H31N5O3/c1-35-22-13-12-19(16-23(22)36-2)17-33-26(29)24(28(34)30-15-14-18-8-4-3-5-9-18)25-27(33)32-21-11-7-6-10-20(21)31-25/h6-8,10-13,16H,3-5,9,14-15,17,29H2,1-2H3,(H,30,34). The molecule has 0 radical (unpaired) electrons. The van der Waals surface area contributed by atoms with Crippen molar-refractivity contribution in [3.05, 3.63) is 65.2 Å². The zero-order chi connectivity index (χ0) is 25.1. The van der Waals surface area contributed by atoms with Crippen LogP contribution >= 0.6 is 0 Å². The predicted octanol–water partition coefficient (Wildman–Crippen LogP) is 4.85. The highest BCUT2D eigenvalue weighted by Crippen LogP contribution is 2.32. The van der Waals surface area contributed by atoms with E-state index >= 15 is 0 Å². The molecule has 0 saturated carbocycles. The van der Waals surface area contributed by atoms with Crippen molar-refractivity contribution in [3.8, 4) is 11.5 Å². The van der Waals surface area contributed by atoms with Crippen LogP contribution in [0.15, 0.2) is 54.1 Å². The number of nitrogens with zero attached hydrogens (tertiary/aromatic N) is 3. The van der Waals surface area contributed by atoms with Crippen LogP contribution in [-0.2, 0) is 6.54 Å². The van der Waals surface area contributed by atoms with Gasteiger partial charge in [0, 0.05) is 6.54 Å². The molecule has 8 nitrogen and oxygen atoms in total. The summed E-state index contributed by atoms with van der Waals surface area (Å²) in [5.74, 6) is 1.37. The molecule has 0 bridgehead atoms. The van der Waals surface area contributed by atoms with Crippen LogP contribution < -0.4 is 20.5 Å². The Morgan fingerprint density at radius 2 is 1.83 bits per heavy atom. The largest absolute Gasteiger partial charge is 0.493 e. The molecule has 2 aromatic heterocycles. The van der Waals surface area contributed by atoms with Crippen LogP contribution in [0.5, 0.6) is 11.5 Å². The minimum atomic E-state index is -0.232. The van der Waals surface area contributed by atoms with Crippen LogP contribution in [0.1, 0.15) is 48.0 Å². The van der Waals surface area contributed by atoms with Crippen molar-refractivity contribution in [1.29, 1.82) is 0 Å². The molecule has 8 heteroatoms. The second kappa shape index (κ2) is 10.3. The summed E-state index contributed by atoms with van der Waals surface area (Å²) < 4.78 is 12.7. The molecule has 1 aliphatic carbocycles. The van der Waals surface area contributed by atoms with Crippen LogP contribution in [0.3, 0.4) is 0 Å². The van der Waals surface area contributed by atoms with Gasteiger partial charge in [0.15, 0.2) is 17.1 Å². The first kappa shape index (κ1) is 23.7. The molecule has 0 unspecified atom stereocenters. The molecular weight excluding hydrogens is 454 g/mol. The van der Waals surface area contributed by atoms with Crippen molar-refractivity contribution < 1.29 is 14.3 Å². The molecule has 4 aromatic rings. The lowest BCUT2D eigenvalue weighted by molar-refractivity contribution is 0.0956. The van der Waals surface area contributed by atoms with Gasteiger partial charge in [0.2, 0.25) is 0 Å². The van der Waals surface area contributed by atoms with Crippen molar-refractivity contribution in [1.82, 2.24) is 19.9 Å². The van der Waals surface area contributed by atoms with E-state index in [1.54, 1.807) is 14.2 Å². The number of carbonyl (C=O) groups excluding carboxylic acids is 1. The average molecular weight is 486 g/mol. The Balaban J connectivity index is 1.52. The first-order chi connectivity index (χ1) is 17.6. The third kappa shape index (κ3) is 4.58. The molecule has 0 atom stereocenters. The van der Waals surface area contributed by atoms with Crippen LogP contribution in [0, 0.1) is 0 Å². The normalized spacial score (nSPS) is 13.6. The lowest BCUT2D eigenvalue weighted by Crippen LogP contribution is -2.26. The topological polar surface area (TPSA) is 104 Å². The third-order valence-electron chi connectivity index (χ3n) is 6.72. The van der Waals surface area contributed by atoms with Gasteiger partial charge in [-0.2, -0.15) is 0 Å². The number of nitrogen functional groups attached to an aromatic ring is 1. The number of nitrogens with one attached hydrogen (secondary N) is 1. The van der Waals surface area contributed by atoms with E-state index in [-0.39, 0.29) is 5.91 Å². The molecule has 3 N–H and O–H groups in total. The summed E-state index contributed by atoms with van der Waals surface area (Å²) in [6, 6.07) is 13.3. The van der Waals surface area contributed by atoms with Gasteiger partial charge in [0.05, 0.1) is 31.8 Å². The molecule has 1 aliphatic rings. The zero-order valence-corrected chi connectivity index (χ0v) is 20.7. The maximum absolute atomic E-state index is 13.4. The highest BCUT2D eigenvalue weighted by Gasteiger charge is 2.24. The summed E-state index contributed by atoms with van der Waals surface area (Å²) in [6.45, 7) is 0.962. The van der Waals surface area contributed by atoms with Gasteiger partial charge in [0.1, 0.15) is 16.9 Å². The van der Waals surface area contributed by atoms with Crippen LogP contribution in [0.25, 0.3) is 22.2 Å². The number of nitrogens with two attached hydrogens (primary N) is 1. The fourth-order valence-corrected chi connectivity index (χ4v) is 4.82. The Morgan fingerprint density at radius 1 is 1.06 bits per heavy atom. The van der Waals surface area contributed by atoms with E-state index in [2.05, 4.69) is 11.4 Å². The Kier molecular flexibility index (Phi) is 6.75. The van der Waals surface area contributed by atoms with Crippen LogP contribution in [-0.4, -0.2) is 41.2 Å². The van der Waals surface area contributed by atoms with Gasteiger partial charge in [-0.25, -0.2) is 9.97 Å². The van der Waals surface area contributed by atoms with Gasteiger partial charge in [-0.15, -0.1) is 0 Å². The molecule has 0 saturated heterocycles. The number of methoxy groups -OCH3 is 2. The second-order valence-corrected chi connectivity index (χ2v) is 9.03. The average Bonchev–Trinajstić information content (AvgIpc) is 3.17. The number of amides is 1. The van der Waals surface area contributed by atoms with E-state index in [0.717, 1.165) is 35.9 Å². The Morgan fingerprint density at radius 3 is 2.56 bits per heavy atom. The number of benzene rings is 2. The van der Waals surface area contributed by atoms with Crippen molar-refractivity contribution in [2.75, 3.05) is 26.5 Å². The fraction of sp³-hybridized carbons (Fsp3) is 0.321. The molecule has 0 aliphatic heterocycles. The minimum Gasteiger partial charge on any atom is -0.493 e. The number of allylic oxidation sites excluding steroid dienone is 1. The summed E-state index contributed by atoms with van der Waals surface area (Å²) in [5, 5.41) is 3.06.